The molecule has 2 aliphatic heterocycles. The van der Waals surface area contributed by atoms with Crippen molar-refractivity contribution in [2.45, 2.75) is 32.2 Å². The van der Waals surface area contributed by atoms with Crippen LogP contribution in [-0.2, 0) is 12.5 Å². The Kier molecular flexibility index (Phi) is 10.8. The standard InChI is InChI=1S/C15H22N4P.2ClHO4.H2O/c1-10-16-14-11(8-18(10)4)15(2,3)13-12(17-14)6-7-19(13)9-20-5;2*2-1(3,4)5;/h6-8,13,20H,9H2,1-5H3;2*(H,2,3,4,5);1H2/q+1;;;/p-1. The molecule has 0 amide bonds. The Labute approximate surface area is 185 Å². The summed E-state index contributed by atoms with van der Waals surface area (Å²) < 4.78 is 70.0. The highest BCUT2D eigenvalue weighted by Gasteiger charge is 2.47. The van der Waals surface area contributed by atoms with Crippen molar-refractivity contribution in [1.29, 1.82) is 0 Å². The maximum Gasteiger partial charge on any atom is 0.297 e. The van der Waals surface area contributed by atoms with Gasteiger partial charge in [0.2, 0.25) is 0 Å². The van der Waals surface area contributed by atoms with Gasteiger partial charge in [0.15, 0.2) is 0 Å². The van der Waals surface area contributed by atoms with Crippen LogP contribution in [0.2, 0.25) is 0 Å². The average molecular weight is 507 g/mol. The van der Waals surface area contributed by atoms with E-state index in [9.17, 15) is 0 Å². The van der Waals surface area contributed by atoms with Crippen molar-refractivity contribution < 1.29 is 67.8 Å². The normalized spacial score (nSPS) is 18.8. The van der Waals surface area contributed by atoms with E-state index in [2.05, 4.69) is 60.5 Å². The zero-order chi connectivity index (χ0) is 23.5. The van der Waals surface area contributed by atoms with Gasteiger partial charge in [-0.25, -0.2) is 46.8 Å². The van der Waals surface area contributed by atoms with Gasteiger partial charge in [-0.1, -0.05) is 13.8 Å². The monoisotopic (exact) mass is 506 g/mol. The molecule has 2 N–H and O–H groups in total. The molecule has 0 radical (unpaired) electrons. The fraction of sp³-hybridized carbons (Fsp3) is 0.533. The van der Waals surface area contributed by atoms with Crippen LogP contribution in [0.3, 0.4) is 0 Å². The Hall–Kier alpha value is -1.06. The van der Waals surface area contributed by atoms with Gasteiger partial charge in [0.1, 0.15) is 12.5 Å². The molecule has 0 spiro atoms. The van der Waals surface area contributed by atoms with Gasteiger partial charge in [0.25, 0.3) is 11.6 Å². The Morgan fingerprint density at radius 1 is 1.10 bits per heavy atom. The highest BCUT2D eigenvalue weighted by molar-refractivity contribution is 7.36. The number of hydrogen-bond acceptors (Lipinski definition) is 11. The Balaban J connectivity index is 0.000000692. The van der Waals surface area contributed by atoms with Crippen molar-refractivity contribution in [3.63, 3.8) is 0 Å². The molecule has 1 aromatic rings. The van der Waals surface area contributed by atoms with Crippen LogP contribution in [0.4, 0.5) is 5.82 Å². The average Bonchev–Trinajstić information content (AvgIpc) is 2.90. The molecular formula is C15H25Cl2N4O9P. The van der Waals surface area contributed by atoms with Crippen LogP contribution < -0.4 is 41.8 Å². The van der Waals surface area contributed by atoms with E-state index < -0.39 is 20.5 Å². The third-order valence-corrected chi connectivity index (χ3v) is 5.18. The van der Waals surface area contributed by atoms with E-state index in [4.69, 9.17) is 42.3 Å². The zero-order valence-corrected chi connectivity index (χ0v) is 20.1. The molecule has 3 heterocycles. The Morgan fingerprint density at radius 3 is 2.03 bits per heavy atom. The van der Waals surface area contributed by atoms with Crippen molar-refractivity contribution in [3.05, 3.63) is 29.9 Å². The van der Waals surface area contributed by atoms with Gasteiger partial charge in [-0.3, -0.25) is 0 Å². The largest absolute Gasteiger partial charge is 0.412 e. The predicted molar refractivity (Wildman–Crippen MR) is 89.2 cm³/mol. The summed E-state index contributed by atoms with van der Waals surface area (Å²) in [4.78, 5) is 11.9. The van der Waals surface area contributed by atoms with Crippen LogP contribution in [0.5, 0.6) is 0 Å². The summed E-state index contributed by atoms with van der Waals surface area (Å²) in [5.74, 6) is 1.89. The lowest BCUT2D eigenvalue weighted by Crippen LogP contribution is -2.68. The maximum atomic E-state index is 8.49. The molecule has 0 fully saturated rings. The summed E-state index contributed by atoms with van der Waals surface area (Å²) in [7, 11) is -7.38. The van der Waals surface area contributed by atoms with Crippen LogP contribution in [-0.4, -0.2) is 40.1 Å². The minimum Gasteiger partial charge on any atom is -0.412 e. The molecule has 16 heteroatoms. The summed E-state index contributed by atoms with van der Waals surface area (Å²) in [6.45, 7) is 8.95. The van der Waals surface area contributed by atoms with Crippen molar-refractivity contribution in [2.24, 2.45) is 12.0 Å². The van der Waals surface area contributed by atoms with E-state index in [0.29, 0.717) is 14.6 Å². The van der Waals surface area contributed by atoms with Crippen LogP contribution in [0.1, 0.15) is 25.2 Å². The molecule has 0 aromatic carbocycles. The van der Waals surface area contributed by atoms with E-state index in [1.807, 2.05) is 6.92 Å². The number of halogens is 2. The molecule has 2 atom stereocenters. The number of aliphatic imine (C=N–C) groups is 1. The van der Waals surface area contributed by atoms with Gasteiger partial charge < -0.3 is 10.4 Å². The van der Waals surface area contributed by atoms with E-state index in [0.717, 1.165) is 23.6 Å². The van der Waals surface area contributed by atoms with Crippen LogP contribution in [0.15, 0.2) is 23.5 Å². The van der Waals surface area contributed by atoms with E-state index in [1.165, 1.54) is 5.56 Å². The SMILES string of the molecule is C[PH2+]CN1C=CC2=Nc3nc(C)[n+](C)cc3C(C)(C)C21.O.[O-][Cl+3]([O-])([O-])[O-].[O-][Cl+3]([O-])([O-])[O-]. The number of fused-ring (bicyclic) bond motifs is 2. The molecule has 0 aliphatic carbocycles. The molecule has 2 aliphatic rings. The lowest BCUT2D eigenvalue weighted by Gasteiger charge is -2.39. The van der Waals surface area contributed by atoms with E-state index >= 15 is 0 Å². The third-order valence-electron chi connectivity index (χ3n) is 4.40. The molecule has 0 bridgehead atoms. The van der Waals surface area contributed by atoms with Crippen molar-refractivity contribution in [3.8, 4) is 0 Å². The molecule has 2 unspecified atom stereocenters. The topological polar surface area (TPSA) is 248 Å². The van der Waals surface area contributed by atoms with Crippen molar-refractivity contribution >= 4 is 20.1 Å². The van der Waals surface area contributed by atoms with Crippen LogP contribution >= 0.6 is 8.58 Å². The van der Waals surface area contributed by atoms with E-state index in [1.54, 1.807) is 0 Å². The number of rotatable bonds is 2. The first-order valence-electron chi connectivity index (χ1n) is 8.36. The minimum absolute atomic E-state index is 0. The van der Waals surface area contributed by atoms with Gasteiger partial charge in [0.05, 0.1) is 24.4 Å². The van der Waals surface area contributed by atoms with Gasteiger partial charge in [-0.2, -0.15) is 0 Å². The second-order valence-corrected chi connectivity index (χ2v) is 9.67. The van der Waals surface area contributed by atoms with Crippen molar-refractivity contribution in [2.75, 3.05) is 13.0 Å². The second-order valence-electron chi connectivity index (χ2n) is 6.97. The molecule has 0 saturated heterocycles. The number of nitrogens with zero attached hydrogens (tertiary/aromatic N) is 4. The first kappa shape index (κ1) is 29.9. The highest BCUT2D eigenvalue weighted by Crippen LogP contribution is 2.42. The van der Waals surface area contributed by atoms with Gasteiger partial charge >= 0.3 is 0 Å². The number of aryl methyl sites for hydroxylation is 2. The summed E-state index contributed by atoms with van der Waals surface area (Å²) in [5, 5.41) is 0. The molecular weight excluding hydrogens is 482 g/mol. The number of aromatic nitrogens is 2. The molecule has 3 rings (SSSR count). The molecule has 178 valence electrons. The Morgan fingerprint density at radius 2 is 1.58 bits per heavy atom. The molecule has 0 saturated carbocycles. The fourth-order valence-electron chi connectivity index (χ4n) is 3.23. The smallest absolute Gasteiger partial charge is 0.297 e. The van der Waals surface area contributed by atoms with Crippen molar-refractivity contribution in [1.82, 2.24) is 9.88 Å². The second kappa shape index (κ2) is 11.2. The number of hydrogen-bond donors (Lipinski definition) is 0. The maximum absolute atomic E-state index is 8.49. The quantitative estimate of drug-likeness (QED) is 0.270. The predicted octanol–water partition coefficient (Wildman–Crippen LogP) is -8.56. The van der Waals surface area contributed by atoms with Gasteiger partial charge in [-0.15, -0.1) is 20.5 Å². The zero-order valence-electron chi connectivity index (χ0n) is 17.4. The highest BCUT2D eigenvalue weighted by atomic mass is 35.7. The summed E-state index contributed by atoms with van der Waals surface area (Å²) in [6, 6.07) is 0.354. The Bertz CT molecular complexity index is 789. The fourth-order valence-corrected chi connectivity index (χ4v) is 3.98. The lowest BCUT2D eigenvalue weighted by atomic mass is 9.75. The third kappa shape index (κ3) is 9.53. The molecule has 1 aromatic heterocycles. The summed E-state index contributed by atoms with van der Waals surface area (Å²) >= 11 is 0. The minimum atomic E-state index is -4.94. The molecule has 13 nitrogen and oxygen atoms in total. The van der Waals surface area contributed by atoms with Crippen LogP contribution in [0, 0.1) is 27.4 Å². The molecule has 31 heavy (non-hydrogen) atoms. The lowest BCUT2D eigenvalue weighted by molar-refractivity contribution is -2.00. The first-order valence-corrected chi connectivity index (χ1v) is 12.8. The first-order chi connectivity index (χ1) is 13.4. The van der Waals surface area contributed by atoms with E-state index in [-0.39, 0.29) is 10.9 Å². The van der Waals surface area contributed by atoms with Crippen LogP contribution in [0.25, 0.3) is 0 Å². The summed E-state index contributed by atoms with van der Waals surface area (Å²) in [5.41, 5.74) is 2.44. The van der Waals surface area contributed by atoms with Gasteiger partial charge in [0, 0.05) is 33.8 Å². The summed E-state index contributed by atoms with van der Waals surface area (Å²) in [6.07, 6.45) is 7.73. The van der Waals surface area contributed by atoms with Gasteiger partial charge in [-0.05, 0) is 11.1 Å².